The standard InChI is InChI=1S/C20H27N3O4S/c24-10-8-21-20(26)15-13-23(14-15)9-4-2-1-3-6-17(25)16-12-18(27-22-16)19-7-5-11-28-19/h5,7,11-12,15,24H,1-4,6,8-10,13-14H2,(H,21,26). The van der Waals surface area contributed by atoms with Crippen molar-refractivity contribution < 1.29 is 19.2 Å². The minimum Gasteiger partial charge on any atom is -0.395 e. The van der Waals surface area contributed by atoms with Crippen molar-refractivity contribution in [1.29, 1.82) is 0 Å². The quantitative estimate of drug-likeness (QED) is 0.416. The Kier molecular flexibility index (Phi) is 7.76. The van der Waals surface area contributed by atoms with E-state index in [1.165, 1.54) is 0 Å². The largest absolute Gasteiger partial charge is 0.395 e. The molecule has 7 nitrogen and oxygen atoms in total. The second-order valence-electron chi connectivity index (χ2n) is 7.11. The highest BCUT2D eigenvalue weighted by molar-refractivity contribution is 7.13. The summed E-state index contributed by atoms with van der Waals surface area (Å²) in [5.74, 6) is 0.784. The summed E-state index contributed by atoms with van der Waals surface area (Å²) in [6.07, 6.45) is 4.51. The summed E-state index contributed by atoms with van der Waals surface area (Å²) in [6, 6.07) is 5.61. The molecule has 1 saturated heterocycles. The third-order valence-electron chi connectivity index (χ3n) is 4.93. The number of ketones is 1. The maximum atomic E-state index is 12.2. The van der Waals surface area contributed by atoms with Crippen LogP contribution in [0.5, 0.6) is 0 Å². The number of hydrogen-bond acceptors (Lipinski definition) is 7. The lowest BCUT2D eigenvalue weighted by Gasteiger charge is -2.38. The molecule has 152 valence electrons. The van der Waals surface area contributed by atoms with Crippen LogP contribution < -0.4 is 5.32 Å². The average molecular weight is 406 g/mol. The molecule has 0 unspecified atom stereocenters. The number of thiophene rings is 1. The highest BCUT2D eigenvalue weighted by Crippen LogP contribution is 2.25. The number of aliphatic hydroxyl groups excluding tert-OH is 1. The van der Waals surface area contributed by atoms with Gasteiger partial charge in [-0.05, 0) is 30.8 Å². The van der Waals surface area contributed by atoms with Crippen LogP contribution in [0.3, 0.4) is 0 Å². The second kappa shape index (κ2) is 10.5. The number of carbonyl (C=O) groups is 2. The van der Waals surface area contributed by atoms with Gasteiger partial charge in [-0.2, -0.15) is 0 Å². The van der Waals surface area contributed by atoms with E-state index in [-0.39, 0.29) is 24.2 Å². The molecule has 0 aromatic carbocycles. The maximum absolute atomic E-state index is 12.2. The molecule has 1 fully saturated rings. The van der Waals surface area contributed by atoms with E-state index in [2.05, 4.69) is 15.4 Å². The van der Waals surface area contributed by atoms with Crippen LogP contribution in [0.2, 0.25) is 0 Å². The number of aliphatic hydroxyl groups is 1. The molecule has 0 radical (unpaired) electrons. The molecule has 0 aliphatic carbocycles. The minimum absolute atomic E-state index is 0.0167. The number of nitrogens with zero attached hydrogens (tertiary/aromatic N) is 2. The van der Waals surface area contributed by atoms with Gasteiger partial charge in [0.25, 0.3) is 0 Å². The van der Waals surface area contributed by atoms with Crippen molar-refractivity contribution >= 4 is 23.0 Å². The van der Waals surface area contributed by atoms with Crippen LogP contribution in [-0.4, -0.2) is 59.6 Å². The number of rotatable bonds is 12. The number of carbonyl (C=O) groups excluding carboxylic acids is 2. The molecular weight excluding hydrogens is 378 g/mol. The number of hydrogen-bond donors (Lipinski definition) is 2. The van der Waals surface area contributed by atoms with Crippen LogP contribution in [0.1, 0.15) is 42.6 Å². The summed E-state index contributed by atoms with van der Waals surface area (Å²) in [5, 5.41) is 17.3. The fourth-order valence-electron chi connectivity index (χ4n) is 3.29. The summed E-state index contributed by atoms with van der Waals surface area (Å²) in [4.78, 5) is 27.2. The molecule has 1 amide bonds. The van der Waals surface area contributed by atoms with Crippen molar-refractivity contribution in [3.63, 3.8) is 0 Å². The predicted octanol–water partition coefficient (Wildman–Crippen LogP) is 2.58. The zero-order valence-corrected chi connectivity index (χ0v) is 16.7. The Bertz CT molecular complexity index is 753. The lowest BCUT2D eigenvalue weighted by molar-refractivity contribution is -0.130. The molecule has 8 heteroatoms. The lowest BCUT2D eigenvalue weighted by atomic mass is 9.98. The van der Waals surface area contributed by atoms with Gasteiger partial charge in [-0.1, -0.05) is 24.1 Å². The van der Waals surface area contributed by atoms with Crippen molar-refractivity contribution in [2.24, 2.45) is 5.92 Å². The van der Waals surface area contributed by atoms with Crippen LogP contribution in [0.4, 0.5) is 0 Å². The van der Waals surface area contributed by atoms with Gasteiger partial charge in [-0.25, -0.2) is 0 Å². The van der Waals surface area contributed by atoms with Crippen molar-refractivity contribution in [1.82, 2.24) is 15.4 Å². The summed E-state index contributed by atoms with van der Waals surface area (Å²) in [5.41, 5.74) is 0.412. The Morgan fingerprint density at radius 2 is 2.11 bits per heavy atom. The van der Waals surface area contributed by atoms with Gasteiger partial charge in [0.15, 0.2) is 11.5 Å². The number of amides is 1. The molecule has 1 aliphatic rings. The normalized spacial score (nSPS) is 14.8. The smallest absolute Gasteiger partial charge is 0.225 e. The number of nitrogens with one attached hydrogen (secondary N) is 1. The molecule has 0 atom stereocenters. The molecular formula is C20H27N3O4S. The second-order valence-corrected chi connectivity index (χ2v) is 8.06. The van der Waals surface area contributed by atoms with E-state index >= 15 is 0 Å². The first-order valence-electron chi connectivity index (χ1n) is 9.82. The van der Waals surface area contributed by atoms with Crippen molar-refractivity contribution in [3.05, 3.63) is 29.3 Å². The van der Waals surface area contributed by atoms with E-state index in [0.717, 1.165) is 50.2 Å². The van der Waals surface area contributed by atoms with Crippen molar-refractivity contribution in [2.45, 2.75) is 32.1 Å². The van der Waals surface area contributed by atoms with Crippen LogP contribution in [0.25, 0.3) is 10.6 Å². The fraction of sp³-hybridized carbons (Fsp3) is 0.550. The van der Waals surface area contributed by atoms with E-state index in [0.29, 0.717) is 24.4 Å². The maximum Gasteiger partial charge on any atom is 0.225 e. The van der Waals surface area contributed by atoms with Gasteiger partial charge in [-0.15, -0.1) is 11.3 Å². The zero-order chi connectivity index (χ0) is 19.8. The van der Waals surface area contributed by atoms with E-state index in [9.17, 15) is 9.59 Å². The summed E-state index contributed by atoms with van der Waals surface area (Å²) < 4.78 is 5.26. The number of aromatic nitrogens is 1. The third kappa shape index (κ3) is 5.73. The molecule has 2 aromatic heterocycles. The molecule has 2 N–H and O–H groups in total. The molecule has 3 heterocycles. The predicted molar refractivity (Wildman–Crippen MR) is 107 cm³/mol. The molecule has 3 rings (SSSR count). The molecule has 2 aromatic rings. The number of unbranched alkanes of at least 4 members (excludes halogenated alkanes) is 3. The van der Waals surface area contributed by atoms with Crippen molar-refractivity contribution in [2.75, 3.05) is 32.8 Å². The first-order chi connectivity index (χ1) is 13.7. The van der Waals surface area contributed by atoms with Crippen LogP contribution in [0.15, 0.2) is 28.1 Å². The van der Waals surface area contributed by atoms with Crippen LogP contribution in [0, 0.1) is 5.92 Å². The lowest BCUT2D eigenvalue weighted by Crippen LogP contribution is -2.53. The van der Waals surface area contributed by atoms with Crippen LogP contribution >= 0.6 is 11.3 Å². The fourth-order valence-corrected chi connectivity index (χ4v) is 3.96. The Labute approximate surface area is 168 Å². The molecule has 0 spiro atoms. The zero-order valence-electron chi connectivity index (χ0n) is 15.9. The molecule has 28 heavy (non-hydrogen) atoms. The topological polar surface area (TPSA) is 95.7 Å². The SMILES string of the molecule is O=C(CCCCCCN1CC(C(=O)NCCO)C1)c1cc(-c2cccs2)on1. The van der Waals surface area contributed by atoms with Gasteiger partial charge in [0.05, 0.1) is 17.4 Å². The Balaban J connectivity index is 1.23. The number of likely N-dealkylation sites (tertiary alicyclic amines) is 1. The summed E-state index contributed by atoms with van der Waals surface area (Å²) in [7, 11) is 0. The number of Topliss-reactive ketones (excluding diaryl/α,β-unsaturated/α-hetero) is 1. The van der Waals surface area contributed by atoms with Gasteiger partial charge in [0.2, 0.25) is 5.91 Å². The van der Waals surface area contributed by atoms with E-state index < -0.39 is 0 Å². The van der Waals surface area contributed by atoms with Gasteiger partial charge >= 0.3 is 0 Å². The minimum atomic E-state index is -0.0167. The van der Waals surface area contributed by atoms with Gasteiger partial charge in [0, 0.05) is 32.1 Å². The summed E-state index contributed by atoms with van der Waals surface area (Å²) >= 11 is 1.56. The average Bonchev–Trinajstić information content (AvgIpc) is 3.34. The van der Waals surface area contributed by atoms with Gasteiger partial charge < -0.3 is 19.8 Å². The highest BCUT2D eigenvalue weighted by atomic mass is 32.1. The highest BCUT2D eigenvalue weighted by Gasteiger charge is 2.31. The van der Waals surface area contributed by atoms with E-state index in [1.807, 2.05) is 17.5 Å². The molecule has 0 bridgehead atoms. The van der Waals surface area contributed by atoms with E-state index in [1.54, 1.807) is 17.4 Å². The monoisotopic (exact) mass is 405 g/mol. The van der Waals surface area contributed by atoms with E-state index in [4.69, 9.17) is 9.63 Å². The molecule has 0 saturated carbocycles. The Morgan fingerprint density at radius 3 is 2.86 bits per heavy atom. The van der Waals surface area contributed by atoms with Crippen LogP contribution in [-0.2, 0) is 4.79 Å². The van der Waals surface area contributed by atoms with Gasteiger partial charge in [-0.3, -0.25) is 9.59 Å². The first-order valence-corrected chi connectivity index (χ1v) is 10.7. The molecule has 1 aliphatic heterocycles. The first kappa shape index (κ1) is 20.7. The third-order valence-corrected chi connectivity index (χ3v) is 5.81. The Hall–Kier alpha value is -2.03. The summed E-state index contributed by atoms with van der Waals surface area (Å²) in [6.45, 7) is 2.91. The van der Waals surface area contributed by atoms with Crippen molar-refractivity contribution in [3.8, 4) is 10.6 Å². The van der Waals surface area contributed by atoms with Gasteiger partial charge in [0.1, 0.15) is 5.69 Å². The Morgan fingerprint density at radius 1 is 1.29 bits per heavy atom.